The summed E-state index contributed by atoms with van der Waals surface area (Å²) in [6, 6.07) is 0. The van der Waals surface area contributed by atoms with E-state index < -0.39 is 0 Å². The van der Waals surface area contributed by atoms with Gasteiger partial charge in [-0.2, -0.15) is 0 Å². The number of aliphatic hydroxyl groups excluding tert-OH is 1. The minimum absolute atomic E-state index is 0.143. The minimum Gasteiger partial charge on any atom is -0.394 e. The lowest BCUT2D eigenvalue weighted by Gasteiger charge is -2.28. The van der Waals surface area contributed by atoms with Crippen molar-refractivity contribution in [2.75, 3.05) is 26.4 Å². The number of likely N-dealkylation sites (N-methyl/N-ethyl adjacent to an activating group) is 1. The number of nitrogens with one attached hydrogen (secondary N) is 1. The van der Waals surface area contributed by atoms with Crippen LogP contribution < -0.4 is 5.32 Å². The second kappa shape index (κ2) is 9.86. The van der Waals surface area contributed by atoms with E-state index in [1.807, 2.05) is 0 Å². The van der Waals surface area contributed by atoms with Gasteiger partial charge >= 0.3 is 0 Å². The van der Waals surface area contributed by atoms with Crippen molar-refractivity contribution in [1.82, 2.24) is 5.32 Å². The SMILES string of the molecule is CCNC(C)(CO)CCCOCCCC(C)C. The van der Waals surface area contributed by atoms with Gasteiger partial charge in [-0.25, -0.2) is 0 Å². The first kappa shape index (κ1) is 16.9. The summed E-state index contributed by atoms with van der Waals surface area (Å²) in [5, 5.41) is 12.6. The third kappa shape index (κ3) is 9.57. The highest BCUT2D eigenvalue weighted by Gasteiger charge is 2.20. The molecule has 1 atom stereocenters. The van der Waals surface area contributed by atoms with Crippen molar-refractivity contribution in [3.05, 3.63) is 0 Å². The summed E-state index contributed by atoms with van der Waals surface area (Å²) in [5.74, 6) is 0.769. The van der Waals surface area contributed by atoms with E-state index in [9.17, 15) is 5.11 Å². The highest BCUT2D eigenvalue weighted by atomic mass is 16.5. The van der Waals surface area contributed by atoms with Crippen molar-refractivity contribution in [3.8, 4) is 0 Å². The second-order valence-electron chi connectivity index (χ2n) is 5.50. The molecule has 0 aromatic carbocycles. The Bertz CT molecular complexity index is 174. The smallest absolute Gasteiger partial charge is 0.0610 e. The summed E-state index contributed by atoms with van der Waals surface area (Å²) >= 11 is 0. The molecule has 0 aliphatic carbocycles. The van der Waals surface area contributed by atoms with Gasteiger partial charge in [-0.1, -0.05) is 20.8 Å². The van der Waals surface area contributed by atoms with Gasteiger partial charge in [0.15, 0.2) is 0 Å². The average Bonchev–Trinajstić information content (AvgIpc) is 2.28. The van der Waals surface area contributed by atoms with E-state index in [-0.39, 0.29) is 12.1 Å². The summed E-state index contributed by atoms with van der Waals surface area (Å²) in [4.78, 5) is 0. The van der Waals surface area contributed by atoms with Crippen LogP contribution in [0.25, 0.3) is 0 Å². The normalized spacial score (nSPS) is 15.2. The van der Waals surface area contributed by atoms with Gasteiger partial charge in [0.1, 0.15) is 0 Å². The van der Waals surface area contributed by atoms with Crippen LogP contribution in [0.15, 0.2) is 0 Å². The number of aliphatic hydroxyl groups is 1. The van der Waals surface area contributed by atoms with Crippen LogP contribution in [0, 0.1) is 5.92 Å². The summed E-state index contributed by atoms with van der Waals surface area (Å²) in [6.45, 7) is 11.4. The average molecular weight is 245 g/mol. The van der Waals surface area contributed by atoms with Crippen molar-refractivity contribution in [3.63, 3.8) is 0 Å². The quantitative estimate of drug-likeness (QED) is 0.550. The van der Waals surface area contributed by atoms with Gasteiger partial charge in [0.25, 0.3) is 0 Å². The van der Waals surface area contributed by atoms with Crippen LogP contribution in [0.1, 0.15) is 53.4 Å². The largest absolute Gasteiger partial charge is 0.394 e. The molecule has 0 aromatic heterocycles. The molecule has 3 heteroatoms. The molecule has 0 rings (SSSR count). The number of ether oxygens (including phenoxy) is 1. The summed E-state index contributed by atoms with van der Waals surface area (Å²) < 4.78 is 5.59. The van der Waals surface area contributed by atoms with Crippen molar-refractivity contribution >= 4 is 0 Å². The van der Waals surface area contributed by atoms with Crippen LogP contribution in [0.3, 0.4) is 0 Å². The predicted molar refractivity (Wildman–Crippen MR) is 73.3 cm³/mol. The zero-order valence-corrected chi connectivity index (χ0v) is 12.1. The highest BCUT2D eigenvalue weighted by molar-refractivity contribution is 4.81. The molecule has 0 saturated heterocycles. The van der Waals surface area contributed by atoms with E-state index >= 15 is 0 Å². The molecular formula is C14H31NO2. The molecule has 2 N–H and O–H groups in total. The molecule has 0 amide bonds. The Morgan fingerprint density at radius 1 is 1.24 bits per heavy atom. The number of rotatable bonds is 11. The topological polar surface area (TPSA) is 41.5 Å². The van der Waals surface area contributed by atoms with E-state index in [0.29, 0.717) is 0 Å². The van der Waals surface area contributed by atoms with Crippen LogP contribution in [0.5, 0.6) is 0 Å². The van der Waals surface area contributed by atoms with Crippen LogP contribution >= 0.6 is 0 Å². The fraction of sp³-hybridized carbons (Fsp3) is 1.00. The Morgan fingerprint density at radius 3 is 2.41 bits per heavy atom. The van der Waals surface area contributed by atoms with Crippen LogP contribution in [-0.2, 0) is 4.74 Å². The van der Waals surface area contributed by atoms with Crippen molar-refractivity contribution in [1.29, 1.82) is 0 Å². The third-order valence-electron chi connectivity index (χ3n) is 3.04. The Hall–Kier alpha value is -0.120. The van der Waals surface area contributed by atoms with Gasteiger partial charge in [-0.15, -0.1) is 0 Å². The molecule has 0 aliphatic rings. The molecule has 0 bridgehead atoms. The Balaban J connectivity index is 3.43. The molecule has 0 spiro atoms. The fourth-order valence-electron chi connectivity index (χ4n) is 1.91. The van der Waals surface area contributed by atoms with E-state index in [1.165, 1.54) is 6.42 Å². The van der Waals surface area contributed by atoms with E-state index in [4.69, 9.17) is 4.74 Å². The van der Waals surface area contributed by atoms with E-state index in [2.05, 4.69) is 33.0 Å². The van der Waals surface area contributed by atoms with Gasteiger partial charge in [0.05, 0.1) is 6.61 Å². The standard InChI is InChI=1S/C14H31NO2/c1-5-15-14(4,12-16)9-7-11-17-10-6-8-13(2)3/h13,15-16H,5-12H2,1-4H3. The first-order valence-electron chi connectivity index (χ1n) is 6.97. The van der Waals surface area contributed by atoms with Crippen molar-refractivity contribution < 1.29 is 9.84 Å². The lowest BCUT2D eigenvalue weighted by molar-refractivity contribution is 0.106. The molecule has 104 valence electrons. The zero-order chi connectivity index (χ0) is 13.1. The van der Waals surface area contributed by atoms with Gasteiger partial charge in [-0.3, -0.25) is 0 Å². The number of hydrogen-bond donors (Lipinski definition) is 2. The maximum absolute atomic E-state index is 9.31. The molecule has 0 aliphatic heterocycles. The molecular weight excluding hydrogens is 214 g/mol. The van der Waals surface area contributed by atoms with Gasteiger partial charge in [-0.05, 0) is 45.1 Å². The van der Waals surface area contributed by atoms with E-state index in [0.717, 1.165) is 44.9 Å². The maximum atomic E-state index is 9.31. The van der Waals surface area contributed by atoms with Crippen molar-refractivity contribution in [2.24, 2.45) is 5.92 Å². The first-order valence-corrected chi connectivity index (χ1v) is 6.97. The number of hydrogen-bond acceptors (Lipinski definition) is 3. The van der Waals surface area contributed by atoms with Crippen molar-refractivity contribution in [2.45, 2.75) is 58.9 Å². The first-order chi connectivity index (χ1) is 8.04. The maximum Gasteiger partial charge on any atom is 0.0610 e. The zero-order valence-electron chi connectivity index (χ0n) is 12.1. The van der Waals surface area contributed by atoms with E-state index in [1.54, 1.807) is 0 Å². The Morgan fingerprint density at radius 2 is 1.88 bits per heavy atom. The predicted octanol–water partition coefficient (Wildman–Crippen LogP) is 2.58. The lowest BCUT2D eigenvalue weighted by atomic mass is 9.97. The lowest BCUT2D eigenvalue weighted by Crippen LogP contribution is -2.45. The monoisotopic (exact) mass is 245 g/mol. The third-order valence-corrected chi connectivity index (χ3v) is 3.04. The van der Waals surface area contributed by atoms with Gasteiger partial charge in [0.2, 0.25) is 0 Å². The summed E-state index contributed by atoms with van der Waals surface area (Å²) in [6.07, 6.45) is 4.36. The Kier molecular flexibility index (Phi) is 9.79. The van der Waals surface area contributed by atoms with Crippen LogP contribution in [0.2, 0.25) is 0 Å². The highest BCUT2D eigenvalue weighted by Crippen LogP contribution is 2.11. The summed E-state index contributed by atoms with van der Waals surface area (Å²) in [7, 11) is 0. The molecule has 0 fully saturated rings. The Labute approximate surface area is 107 Å². The molecule has 0 radical (unpaired) electrons. The van der Waals surface area contributed by atoms with Gasteiger partial charge in [0, 0.05) is 18.8 Å². The molecule has 17 heavy (non-hydrogen) atoms. The van der Waals surface area contributed by atoms with Crippen LogP contribution in [-0.4, -0.2) is 37.0 Å². The molecule has 0 heterocycles. The molecule has 1 unspecified atom stereocenters. The molecule has 0 saturated carbocycles. The fourth-order valence-corrected chi connectivity index (χ4v) is 1.91. The van der Waals surface area contributed by atoms with Gasteiger partial charge < -0.3 is 15.2 Å². The molecule has 0 aromatic rings. The summed E-state index contributed by atoms with van der Waals surface area (Å²) in [5.41, 5.74) is -0.143. The van der Waals surface area contributed by atoms with Crippen LogP contribution in [0.4, 0.5) is 0 Å². The molecule has 3 nitrogen and oxygen atoms in total. The second-order valence-corrected chi connectivity index (χ2v) is 5.50. The minimum atomic E-state index is -0.143.